The van der Waals surface area contributed by atoms with E-state index in [9.17, 15) is 9.59 Å². The number of hydrogen-bond acceptors (Lipinski definition) is 4. The third kappa shape index (κ3) is 2.91. The van der Waals surface area contributed by atoms with Gasteiger partial charge in [0.25, 0.3) is 5.91 Å². The van der Waals surface area contributed by atoms with Gasteiger partial charge in [-0.15, -0.1) is 0 Å². The van der Waals surface area contributed by atoms with Gasteiger partial charge in [-0.3, -0.25) is 9.59 Å². The molecule has 1 aromatic carbocycles. The highest BCUT2D eigenvalue weighted by molar-refractivity contribution is 6.01. The Kier molecular flexibility index (Phi) is 4.13. The van der Waals surface area contributed by atoms with Crippen molar-refractivity contribution in [2.75, 3.05) is 31.6 Å². The van der Waals surface area contributed by atoms with E-state index in [1.807, 2.05) is 0 Å². The molecule has 2 rings (SSSR count). The summed E-state index contributed by atoms with van der Waals surface area (Å²) >= 11 is 0. The number of aliphatic hydroxyl groups excluding tert-OH is 2. The molecule has 102 valence electrons. The van der Waals surface area contributed by atoms with Gasteiger partial charge in [0.05, 0.1) is 19.6 Å². The minimum Gasteiger partial charge on any atom is -0.395 e. The lowest BCUT2D eigenvalue weighted by Crippen LogP contribution is -2.35. The van der Waals surface area contributed by atoms with Crippen LogP contribution in [0.3, 0.4) is 0 Å². The van der Waals surface area contributed by atoms with E-state index in [-0.39, 0.29) is 44.5 Å². The van der Waals surface area contributed by atoms with E-state index in [0.29, 0.717) is 5.56 Å². The quantitative estimate of drug-likeness (QED) is 0.675. The number of benzene rings is 1. The van der Waals surface area contributed by atoms with Gasteiger partial charge >= 0.3 is 0 Å². The fraction of sp³-hybridized carbons (Fsp3) is 0.385. The van der Waals surface area contributed by atoms with Gasteiger partial charge in [0.1, 0.15) is 0 Å². The van der Waals surface area contributed by atoms with Crippen molar-refractivity contribution >= 4 is 17.5 Å². The Morgan fingerprint density at radius 2 is 1.95 bits per heavy atom. The number of hydrogen-bond donors (Lipinski definition) is 3. The van der Waals surface area contributed by atoms with Gasteiger partial charge < -0.3 is 20.4 Å². The van der Waals surface area contributed by atoms with E-state index < -0.39 is 0 Å². The molecule has 0 saturated heterocycles. The number of fused-ring (bicyclic) bond motifs is 1. The Bertz CT molecular complexity index is 495. The van der Waals surface area contributed by atoms with Crippen LogP contribution in [0.1, 0.15) is 15.9 Å². The number of anilines is 1. The predicted molar refractivity (Wildman–Crippen MR) is 68.9 cm³/mol. The van der Waals surface area contributed by atoms with Crippen molar-refractivity contribution in [3.63, 3.8) is 0 Å². The first-order valence-electron chi connectivity index (χ1n) is 6.09. The lowest BCUT2D eigenvalue weighted by molar-refractivity contribution is -0.115. The van der Waals surface area contributed by atoms with Crippen molar-refractivity contribution in [2.24, 2.45) is 0 Å². The van der Waals surface area contributed by atoms with Crippen molar-refractivity contribution < 1.29 is 19.8 Å². The summed E-state index contributed by atoms with van der Waals surface area (Å²) in [6.07, 6.45) is 0.274. The standard InChI is InChI=1S/C13H16N2O4/c16-5-3-15(4-6-17)13(19)9-1-2-11-10(7-9)8-12(18)14-11/h1-2,7,16-17H,3-6,8H2,(H,14,18). The molecule has 1 aliphatic heterocycles. The average Bonchev–Trinajstić information content (AvgIpc) is 2.76. The summed E-state index contributed by atoms with van der Waals surface area (Å²) in [5.74, 6) is -0.340. The van der Waals surface area contributed by atoms with E-state index in [4.69, 9.17) is 10.2 Å². The van der Waals surface area contributed by atoms with Crippen molar-refractivity contribution in [1.29, 1.82) is 0 Å². The van der Waals surface area contributed by atoms with Crippen LogP contribution in [0, 0.1) is 0 Å². The van der Waals surface area contributed by atoms with Gasteiger partial charge in [-0.25, -0.2) is 0 Å². The fourth-order valence-electron chi connectivity index (χ4n) is 2.10. The van der Waals surface area contributed by atoms with Gasteiger partial charge in [0.15, 0.2) is 0 Å². The second-order valence-corrected chi connectivity index (χ2v) is 4.34. The SMILES string of the molecule is O=C1Cc2cc(C(=O)N(CCO)CCO)ccc2N1. The first-order chi connectivity index (χ1) is 9.15. The maximum Gasteiger partial charge on any atom is 0.254 e. The zero-order chi connectivity index (χ0) is 13.8. The molecule has 0 bridgehead atoms. The Balaban J connectivity index is 2.19. The first kappa shape index (κ1) is 13.5. The molecule has 0 saturated carbocycles. The molecule has 2 amide bonds. The maximum absolute atomic E-state index is 12.2. The minimum atomic E-state index is -0.259. The largest absolute Gasteiger partial charge is 0.395 e. The van der Waals surface area contributed by atoms with Crippen LogP contribution in [0.25, 0.3) is 0 Å². The molecule has 1 aromatic rings. The van der Waals surface area contributed by atoms with Crippen LogP contribution < -0.4 is 5.32 Å². The zero-order valence-corrected chi connectivity index (χ0v) is 10.4. The van der Waals surface area contributed by atoms with Crippen LogP contribution in [0.5, 0.6) is 0 Å². The van der Waals surface area contributed by atoms with E-state index >= 15 is 0 Å². The number of nitrogens with zero attached hydrogens (tertiary/aromatic N) is 1. The third-order valence-electron chi connectivity index (χ3n) is 3.00. The molecule has 6 heteroatoms. The Labute approximate surface area is 110 Å². The molecule has 0 fully saturated rings. The highest BCUT2D eigenvalue weighted by atomic mass is 16.3. The summed E-state index contributed by atoms with van der Waals surface area (Å²) in [5.41, 5.74) is 1.98. The van der Waals surface area contributed by atoms with Crippen LogP contribution >= 0.6 is 0 Å². The van der Waals surface area contributed by atoms with E-state index in [1.165, 1.54) is 4.90 Å². The smallest absolute Gasteiger partial charge is 0.254 e. The number of aliphatic hydroxyl groups is 2. The van der Waals surface area contributed by atoms with E-state index in [1.54, 1.807) is 18.2 Å². The number of rotatable bonds is 5. The second kappa shape index (κ2) is 5.81. The van der Waals surface area contributed by atoms with Crippen molar-refractivity contribution in [3.8, 4) is 0 Å². The summed E-state index contributed by atoms with van der Waals surface area (Å²) in [4.78, 5) is 24.8. The lowest BCUT2D eigenvalue weighted by Gasteiger charge is -2.20. The summed E-state index contributed by atoms with van der Waals surface area (Å²) in [5, 5.41) is 20.5. The van der Waals surface area contributed by atoms with E-state index in [2.05, 4.69) is 5.32 Å². The fourth-order valence-corrected chi connectivity index (χ4v) is 2.10. The minimum absolute atomic E-state index is 0.0813. The molecule has 0 radical (unpaired) electrons. The number of nitrogens with one attached hydrogen (secondary N) is 1. The molecular formula is C13H16N2O4. The first-order valence-corrected chi connectivity index (χ1v) is 6.09. The van der Waals surface area contributed by atoms with Gasteiger partial charge in [0, 0.05) is 24.3 Å². The maximum atomic E-state index is 12.2. The highest BCUT2D eigenvalue weighted by Gasteiger charge is 2.21. The number of carbonyl (C=O) groups is 2. The van der Waals surface area contributed by atoms with Crippen molar-refractivity contribution in [2.45, 2.75) is 6.42 Å². The third-order valence-corrected chi connectivity index (χ3v) is 3.00. The van der Waals surface area contributed by atoms with Gasteiger partial charge in [-0.1, -0.05) is 0 Å². The molecule has 19 heavy (non-hydrogen) atoms. The van der Waals surface area contributed by atoms with Crippen LogP contribution in [0.15, 0.2) is 18.2 Å². The molecule has 0 atom stereocenters. The molecule has 1 aliphatic rings. The molecule has 3 N–H and O–H groups in total. The molecule has 1 heterocycles. The Hall–Kier alpha value is -1.92. The topological polar surface area (TPSA) is 89.9 Å². The van der Waals surface area contributed by atoms with Gasteiger partial charge in [-0.05, 0) is 23.8 Å². The van der Waals surface area contributed by atoms with Gasteiger partial charge in [-0.2, -0.15) is 0 Å². The molecular weight excluding hydrogens is 248 g/mol. The van der Waals surface area contributed by atoms with Crippen LogP contribution in [0.2, 0.25) is 0 Å². The summed E-state index contributed by atoms with van der Waals surface area (Å²) in [6.45, 7) is 0.0365. The zero-order valence-electron chi connectivity index (χ0n) is 10.4. The monoisotopic (exact) mass is 264 g/mol. The van der Waals surface area contributed by atoms with Crippen LogP contribution in [-0.2, 0) is 11.2 Å². The number of amides is 2. The van der Waals surface area contributed by atoms with E-state index in [0.717, 1.165) is 11.3 Å². The normalized spacial score (nSPS) is 13.1. The van der Waals surface area contributed by atoms with Gasteiger partial charge in [0.2, 0.25) is 5.91 Å². The van der Waals surface area contributed by atoms with Crippen LogP contribution in [0.4, 0.5) is 5.69 Å². The summed E-state index contributed by atoms with van der Waals surface area (Å²) in [7, 11) is 0. The summed E-state index contributed by atoms with van der Waals surface area (Å²) < 4.78 is 0. The molecule has 0 aromatic heterocycles. The molecule has 0 aliphatic carbocycles. The Morgan fingerprint density at radius 1 is 1.26 bits per heavy atom. The highest BCUT2D eigenvalue weighted by Crippen LogP contribution is 2.24. The Morgan fingerprint density at radius 3 is 2.58 bits per heavy atom. The lowest BCUT2D eigenvalue weighted by atomic mass is 10.1. The van der Waals surface area contributed by atoms with Crippen molar-refractivity contribution in [3.05, 3.63) is 29.3 Å². The predicted octanol–water partition coefficient (Wildman–Crippen LogP) is -0.392. The van der Waals surface area contributed by atoms with Crippen molar-refractivity contribution in [1.82, 2.24) is 4.90 Å². The molecule has 0 unspecified atom stereocenters. The number of carbonyl (C=O) groups excluding carboxylic acids is 2. The molecule has 0 spiro atoms. The summed E-state index contributed by atoms with van der Waals surface area (Å²) in [6, 6.07) is 5.01. The second-order valence-electron chi connectivity index (χ2n) is 4.34. The average molecular weight is 264 g/mol. The molecule has 6 nitrogen and oxygen atoms in total. The van der Waals surface area contributed by atoms with Crippen LogP contribution in [-0.4, -0.2) is 53.2 Å².